The number of hydrogen-bond acceptors (Lipinski definition) is 4. The van der Waals surface area contributed by atoms with Crippen LogP contribution in [-0.2, 0) is 0 Å². The fourth-order valence-electron chi connectivity index (χ4n) is 1.55. The van der Waals surface area contributed by atoms with E-state index in [-0.39, 0.29) is 0 Å². The molecule has 1 N–H and O–H groups in total. The monoisotopic (exact) mass is 261 g/mol. The Kier molecular flexibility index (Phi) is 2.42. The highest BCUT2D eigenvalue weighted by Crippen LogP contribution is 2.35. The molecule has 17 heavy (non-hydrogen) atoms. The third-order valence-corrected chi connectivity index (χ3v) is 4.64. The first kappa shape index (κ1) is 10.4. The number of thiophene rings is 1. The molecule has 0 aliphatic carbocycles. The SMILES string of the molecule is O=C(O)c1cc2nc(-c3ccccc3)sc2s1. The zero-order valence-corrected chi connectivity index (χ0v) is 10.2. The molecule has 0 unspecified atom stereocenters. The van der Waals surface area contributed by atoms with Gasteiger partial charge in [-0.1, -0.05) is 30.3 Å². The second-order valence-corrected chi connectivity index (χ2v) is 5.78. The van der Waals surface area contributed by atoms with Crippen molar-refractivity contribution in [2.45, 2.75) is 0 Å². The van der Waals surface area contributed by atoms with Crippen molar-refractivity contribution in [2.24, 2.45) is 0 Å². The zero-order valence-electron chi connectivity index (χ0n) is 8.58. The van der Waals surface area contributed by atoms with Crippen LogP contribution in [0.15, 0.2) is 36.4 Å². The van der Waals surface area contributed by atoms with Crippen LogP contribution >= 0.6 is 22.7 Å². The molecule has 0 saturated carbocycles. The summed E-state index contributed by atoms with van der Waals surface area (Å²) in [5, 5.41) is 9.81. The summed E-state index contributed by atoms with van der Waals surface area (Å²) in [4.78, 5) is 15.6. The summed E-state index contributed by atoms with van der Waals surface area (Å²) < 4.78 is 0.959. The van der Waals surface area contributed by atoms with Gasteiger partial charge in [0.1, 0.15) is 13.9 Å². The minimum atomic E-state index is -0.888. The summed E-state index contributed by atoms with van der Waals surface area (Å²) >= 11 is 2.81. The Morgan fingerprint density at radius 2 is 1.94 bits per heavy atom. The molecule has 0 radical (unpaired) electrons. The predicted molar refractivity (Wildman–Crippen MR) is 69.9 cm³/mol. The first-order valence-electron chi connectivity index (χ1n) is 4.93. The number of aromatic nitrogens is 1. The van der Waals surface area contributed by atoms with Crippen LogP contribution in [-0.4, -0.2) is 16.1 Å². The van der Waals surface area contributed by atoms with Gasteiger partial charge in [0, 0.05) is 5.56 Å². The van der Waals surface area contributed by atoms with Crippen LogP contribution in [0.25, 0.3) is 20.1 Å². The molecule has 0 spiro atoms. The lowest BCUT2D eigenvalue weighted by Gasteiger charge is -1.92. The van der Waals surface area contributed by atoms with Crippen molar-refractivity contribution in [3.05, 3.63) is 41.3 Å². The number of benzene rings is 1. The van der Waals surface area contributed by atoms with Gasteiger partial charge in [-0.25, -0.2) is 9.78 Å². The summed E-state index contributed by atoms with van der Waals surface area (Å²) in [6.07, 6.45) is 0. The lowest BCUT2D eigenvalue weighted by molar-refractivity contribution is 0.0702. The number of aromatic carboxylic acids is 1. The Labute approximate surface area is 105 Å². The van der Waals surface area contributed by atoms with Gasteiger partial charge in [-0.2, -0.15) is 0 Å². The second-order valence-electron chi connectivity index (χ2n) is 3.47. The summed E-state index contributed by atoms with van der Waals surface area (Å²) in [5.41, 5.74) is 1.84. The number of fused-ring (bicyclic) bond motifs is 1. The Morgan fingerprint density at radius 1 is 1.18 bits per heavy atom. The van der Waals surface area contributed by atoms with Gasteiger partial charge in [-0.15, -0.1) is 22.7 Å². The van der Waals surface area contributed by atoms with Crippen molar-refractivity contribution in [2.75, 3.05) is 0 Å². The number of nitrogens with zero attached hydrogens (tertiary/aromatic N) is 1. The maximum atomic E-state index is 10.8. The van der Waals surface area contributed by atoms with E-state index >= 15 is 0 Å². The summed E-state index contributed by atoms with van der Waals surface area (Å²) in [6, 6.07) is 11.5. The number of carboxylic acids is 1. The van der Waals surface area contributed by atoms with E-state index in [0.29, 0.717) is 4.88 Å². The minimum Gasteiger partial charge on any atom is -0.477 e. The molecule has 0 saturated heterocycles. The molecule has 3 nitrogen and oxygen atoms in total. The van der Waals surface area contributed by atoms with Gasteiger partial charge in [0.05, 0.1) is 5.52 Å². The van der Waals surface area contributed by atoms with Crippen LogP contribution in [0.4, 0.5) is 0 Å². The Morgan fingerprint density at radius 3 is 2.59 bits per heavy atom. The standard InChI is InChI=1S/C12H7NO2S2/c14-11(15)9-6-8-12(16-9)17-10(13-8)7-4-2-1-3-5-7/h1-6H,(H,14,15). The van der Waals surface area contributed by atoms with Gasteiger partial charge >= 0.3 is 5.97 Å². The van der Waals surface area contributed by atoms with Crippen LogP contribution in [0.1, 0.15) is 9.67 Å². The average Bonchev–Trinajstić information content (AvgIpc) is 2.87. The quantitative estimate of drug-likeness (QED) is 0.764. The van der Waals surface area contributed by atoms with E-state index in [0.717, 1.165) is 20.1 Å². The Bertz CT molecular complexity index is 653. The number of hydrogen-bond donors (Lipinski definition) is 1. The molecule has 0 bridgehead atoms. The van der Waals surface area contributed by atoms with Gasteiger partial charge in [-0.3, -0.25) is 0 Å². The van der Waals surface area contributed by atoms with Crippen molar-refractivity contribution in [1.29, 1.82) is 0 Å². The van der Waals surface area contributed by atoms with E-state index in [9.17, 15) is 4.79 Å². The number of carboxylic acid groups (broad SMARTS) is 1. The molecule has 0 fully saturated rings. The van der Waals surface area contributed by atoms with Gasteiger partial charge in [0.2, 0.25) is 0 Å². The summed E-state index contributed by atoms with van der Waals surface area (Å²) in [7, 11) is 0. The van der Waals surface area contributed by atoms with Crippen molar-refractivity contribution >= 4 is 38.2 Å². The topological polar surface area (TPSA) is 50.2 Å². The molecule has 3 rings (SSSR count). The Hall–Kier alpha value is -1.72. The second kappa shape index (κ2) is 3.94. The lowest BCUT2D eigenvalue weighted by atomic mass is 10.2. The molecule has 5 heteroatoms. The maximum Gasteiger partial charge on any atom is 0.345 e. The van der Waals surface area contributed by atoms with Crippen LogP contribution in [0.2, 0.25) is 0 Å². The first-order valence-corrected chi connectivity index (χ1v) is 6.56. The number of rotatable bonds is 2. The fraction of sp³-hybridized carbons (Fsp3) is 0. The molecule has 2 aromatic heterocycles. The van der Waals surface area contributed by atoms with Gasteiger partial charge < -0.3 is 5.11 Å². The van der Waals surface area contributed by atoms with Crippen LogP contribution in [0.5, 0.6) is 0 Å². The highest BCUT2D eigenvalue weighted by Gasteiger charge is 2.13. The van der Waals surface area contributed by atoms with E-state index in [2.05, 4.69) is 4.98 Å². The third-order valence-electron chi connectivity index (χ3n) is 2.32. The molecule has 0 amide bonds. The maximum absolute atomic E-state index is 10.8. The third kappa shape index (κ3) is 1.83. The summed E-state index contributed by atoms with van der Waals surface area (Å²) in [6.45, 7) is 0. The van der Waals surface area contributed by atoms with Gasteiger partial charge in [-0.05, 0) is 6.07 Å². The molecule has 84 valence electrons. The van der Waals surface area contributed by atoms with Crippen molar-refractivity contribution in [3.8, 4) is 10.6 Å². The highest BCUT2D eigenvalue weighted by molar-refractivity contribution is 7.40. The van der Waals surface area contributed by atoms with E-state index < -0.39 is 5.97 Å². The normalized spacial score (nSPS) is 10.8. The van der Waals surface area contributed by atoms with Crippen LogP contribution in [0, 0.1) is 0 Å². The molecular weight excluding hydrogens is 254 g/mol. The summed E-state index contributed by atoms with van der Waals surface area (Å²) in [5.74, 6) is -0.888. The first-order chi connectivity index (χ1) is 8.24. The molecule has 0 aliphatic heterocycles. The van der Waals surface area contributed by atoms with Crippen LogP contribution in [0.3, 0.4) is 0 Å². The van der Waals surface area contributed by atoms with Gasteiger partial charge in [0.15, 0.2) is 0 Å². The predicted octanol–water partition coefficient (Wildman–Crippen LogP) is 3.72. The molecule has 0 aliphatic rings. The van der Waals surface area contributed by atoms with E-state index in [1.165, 1.54) is 22.7 Å². The number of thiazole rings is 1. The smallest absolute Gasteiger partial charge is 0.345 e. The van der Waals surface area contributed by atoms with E-state index in [1.807, 2.05) is 30.3 Å². The van der Waals surface area contributed by atoms with E-state index in [1.54, 1.807) is 6.07 Å². The zero-order chi connectivity index (χ0) is 11.8. The Balaban J connectivity index is 2.10. The van der Waals surface area contributed by atoms with E-state index in [4.69, 9.17) is 5.11 Å². The van der Waals surface area contributed by atoms with Crippen molar-refractivity contribution < 1.29 is 9.90 Å². The minimum absolute atomic E-state index is 0.346. The van der Waals surface area contributed by atoms with Crippen LogP contribution < -0.4 is 0 Å². The molecule has 1 aromatic carbocycles. The van der Waals surface area contributed by atoms with Gasteiger partial charge in [0.25, 0.3) is 0 Å². The molecule has 2 heterocycles. The van der Waals surface area contributed by atoms with Crippen molar-refractivity contribution in [3.63, 3.8) is 0 Å². The number of carbonyl (C=O) groups is 1. The highest BCUT2D eigenvalue weighted by atomic mass is 32.2. The lowest BCUT2D eigenvalue weighted by Crippen LogP contribution is -1.89. The average molecular weight is 261 g/mol. The molecule has 0 atom stereocenters. The molecule has 3 aromatic rings. The fourth-order valence-corrected chi connectivity index (χ4v) is 3.67. The molecular formula is C12H7NO2S2. The largest absolute Gasteiger partial charge is 0.477 e. The van der Waals surface area contributed by atoms with Crippen molar-refractivity contribution in [1.82, 2.24) is 4.98 Å².